The van der Waals surface area contributed by atoms with E-state index in [4.69, 9.17) is 0 Å². The van der Waals surface area contributed by atoms with Gasteiger partial charge in [-0.25, -0.2) is 0 Å². The van der Waals surface area contributed by atoms with Gasteiger partial charge in [0.25, 0.3) is 0 Å². The smallest absolute Gasteiger partial charge is 0.132 e. The average molecular weight is 218 g/mol. The lowest BCUT2D eigenvalue weighted by molar-refractivity contribution is 0.324. The molecule has 0 radical (unpaired) electrons. The summed E-state index contributed by atoms with van der Waals surface area (Å²) >= 11 is 0. The van der Waals surface area contributed by atoms with Crippen LogP contribution in [0.3, 0.4) is 0 Å². The zero-order valence-corrected chi connectivity index (χ0v) is 10.5. The molecule has 1 aromatic rings. The van der Waals surface area contributed by atoms with E-state index in [0.717, 1.165) is 0 Å². The number of hydrogen-bond acceptors (Lipinski definition) is 0. The van der Waals surface area contributed by atoms with Crippen LogP contribution in [0.15, 0.2) is 30.3 Å². The van der Waals surface area contributed by atoms with E-state index in [9.17, 15) is 0 Å². The molecule has 1 nitrogen and oxygen atoms in total. The van der Waals surface area contributed by atoms with Crippen LogP contribution in [0.4, 0.5) is 5.69 Å². The first kappa shape index (κ1) is 11.7. The first-order valence-corrected chi connectivity index (χ1v) is 6.79. The minimum atomic E-state index is 1.25. The molecule has 1 aliphatic rings. The molecule has 1 heterocycles. The molecule has 1 heteroatoms. The predicted octanol–water partition coefficient (Wildman–Crippen LogP) is 3.98. The second kappa shape index (κ2) is 5.49. The molecule has 1 fully saturated rings. The fraction of sp³-hybridized carbons (Fsp3) is 0.600. The van der Waals surface area contributed by atoms with Gasteiger partial charge in [-0.05, 0) is 25.0 Å². The Hall–Kier alpha value is -0.820. The summed E-state index contributed by atoms with van der Waals surface area (Å²) in [4.78, 5) is 0. The summed E-state index contributed by atoms with van der Waals surface area (Å²) in [7, 11) is 0. The molecule has 2 rings (SSSR count). The molecule has 1 aromatic carbocycles. The number of hydrogen-bond donors (Lipinski definition) is 0. The Morgan fingerprint density at radius 2 is 1.69 bits per heavy atom. The number of quaternary nitrogens is 1. The van der Waals surface area contributed by atoms with Gasteiger partial charge in [-0.2, -0.15) is 0 Å². The minimum absolute atomic E-state index is 1.25. The molecule has 1 saturated heterocycles. The van der Waals surface area contributed by atoms with Gasteiger partial charge < -0.3 is 0 Å². The summed E-state index contributed by atoms with van der Waals surface area (Å²) < 4.78 is 1.25. The fourth-order valence-electron chi connectivity index (χ4n) is 2.96. The van der Waals surface area contributed by atoms with Gasteiger partial charge >= 0.3 is 0 Å². The van der Waals surface area contributed by atoms with Crippen molar-refractivity contribution >= 4 is 5.69 Å². The van der Waals surface area contributed by atoms with Gasteiger partial charge in [0.2, 0.25) is 0 Å². The van der Waals surface area contributed by atoms with E-state index in [-0.39, 0.29) is 0 Å². The van der Waals surface area contributed by atoms with E-state index in [1.807, 2.05) is 0 Å². The van der Waals surface area contributed by atoms with E-state index in [1.165, 1.54) is 61.9 Å². The maximum atomic E-state index is 2.32. The van der Waals surface area contributed by atoms with Crippen LogP contribution in [0, 0.1) is 0 Å². The quantitative estimate of drug-likeness (QED) is 0.518. The van der Waals surface area contributed by atoms with Crippen molar-refractivity contribution in [3.05, 3.63) is 30.3 Å². The molecule has 16 heavy (non-hydrogen) atoms. The number of para-hydroxylation sites is 1. The first-order chi connectivity index (χ1) is 7.87. The summed E-state index contributed by atoms with van der Waals surface area (Å²) in [5.41, 5.74) is 1.54. The van der Waals surface area contributed by atoms with E-state index < -0.39 is 0 Å². The molecule has 0 unspecified atom stereocenters. The molecule has 88 valence electrons. The molecule has 0 aliphatic carbocycles. The van der Waals surface area contributed by atoms with Crippen molar-refractivity contribution in [2.75, 3.05) is 19.6 Å². The molecular weight excluding hydrogens is 194 g/mol. The molecule has 0 spiro atoms. The van der Waals surface area contributed by atoms with Crippen LogP contribution in [-0.4, -0.2) is 19.6 Å². The maximum absolute atomic E-state index is 2.32. The summed E-state index contributed by atoms with van der Waals surface area (Å²) in [6.07, 6.45) is 6.90. The summed E-state index contributed by atoms with van der Waals surface area (Å²) in [6.45, 7) is 6.34. The van der Waals surface area contributed by atoms with E-state index in [1.54, 1.807) is 0 Å². The highest BCUT2D eigenvalue weighted by atomic mass is 15.4. The lowest BCUT2D eigenvalue weighted by Crippen LogP contribution is -2.47. The van der Waals surface area contributed by atoms with Crippen LogP contribution in [0.25, 0.3) is 0 Å². The average Bonchev–Trinajstić information content (AvgIpc) is 2.81. The van der Waals surface area contributed by atoms with Crippen molar-refractivity contribution in [1.29, 1.82) is 0 Å². The zero-order chi connectivity index (χ0) is 11.3. The van der Waals surface area contributed by atoms with Crippen LogP contribution < -0.4 is 4.48 Å². The lowest BCUT2D eigenvalue weighted by Gasteiger charge is -2.33. The minimum Gasteiger partial charge on any atom is -0.291 e. The van der Waals surface area contributed by atoms with Crippen molar-refractivity contribution in [2.45, 2.75) is 39.0 Å². The summed E-state index contributed by atoms with van der Waals surface area (Å²) in [6, 6.07) is 11.1. The Labute approximate surface area is 99.7 Å². The molecule has 0 aromatic heterocycles. The number of likely N-dealkylation sites (tertiary alicyclic amines) is 1. The molecule has 0 atom stereocenters. The van der Waals surface area contributed by atoms with E-state index in [0.29, 0.717) is 0 Å². The van der Waals surface area contributed by atoms with Crippen molar-refractivity contribution in [3.63, 3.8) is 0 Å². The predicted molar refractivity (Wildman–Crippen MR) is 71.6 cm³/mol. The Kier molecular flexibility index (Phi) is 4.00. The van der Waals surface area contributed by atoms with E-state index >= 15 is 0 Å². The fourth-order valence-corrected chi connectivity index (χ4v) is 2.96. The van der Waals surface area contributed by atoms with E-state index in [2.05, 4.69) is 37.3 Å². The third kappa shape index (κ3) is 2.46. The van der Waals surface area contributed by atoms with Gasteiger partial charge in [-0.3, -0.25) is 4.48 Å². The van der Waals surface area contributed by atoms with Gasteiger partial charge in [-0.1, -0.05) is 31.5 Å². The molecule has 0 amide bonds. The first-order valence-electron chi connectivity index (χ1n) is 6.79. The standard InChI is InChI=1S/C15H24N/c1-2-3-7-12-16(13-8-9-14-16)15-10-5-4-6-11-15/h4-6,10-11H,2-3,7-9,12-14H2,1H3/q+1. The topological polar surface area (TPSA) is 0 Å². The lowest BCUT2D eigenvalue weighted by atomic mass is 10.2. The number of unbranched alkanes of at least 4 members (excludes halogenated alkanes) is 2. The number of nitrogens with zero attached hydrogens (tertiary/aromatic N) is 1. The van der Waals surface area contributed by atoms with Gasteiger partial charge in [0, 0.05) is 12.8 Å². The van der Waals surface area contributed by atoms with Crippen molar-refractivity contribution in [1.82, 2.24) is 4.48 Å². The van der Waals surface area contributed by atoms with Gasteiger partial charge in [0.15, 0.2) is 0 Å². The zero-order valence-electron chi connectivity index (χ0n) is 10.5. The molecule has 1 aliphatic heterocycles. The second-order valence-corrected chi connectivity index (χ2v) is 5.07. The van der Waals surface area contributed by atoms with Crippen molar-refractivity contribution in [3.8, 4) is 0 Å². The highest BCUT2D eigenvalue weighted by molar-refractivity contribution is 5.43. The van der Waals surface area contributed by atoms with Crippen LogP contribution in [0.2, 0.25) is 0 Å². The van der Waals surface area contributed by atoms with Crippen LogP contribution in [-0.2, 0) is 0 Å². The van der Waals surface area contributed by atoms with Crippen LogP contribution in [0.1, 0.15) is 39.0 Å². The molecule has 0 N–H and O–H groups in total. The highest BCUT2D eigenvalue weighted by Gasteiger charge is 2.33. The van der Waals surface area contributed by atoms with Crippen LogP contribution >= 0.6 is 0 Å². The molecule has 0 bridgehead atoms. The Balaban J connectivity index is 2.09. The number of benzene rings is 1. The normalized spacial score (nSPS) is 18.8. The van der Waals surface area contributed by atoms with Crippen molar-refractivity contribution in [2.24, 2.45) is 0 Å². The van der Waals surface area contributed by atoms with Crippen molar-refractivity contribution < 1.29 is 0 Å². The highest BCUT2D eigenvalue weighted by Crippen LogP contribution is 2.29. The van der Waals surface area contributed by atoms with Gasteiger partial charge in [0.05, 0.1) is 19.6 Å². The third-order valence-electron chi connectivity index (χ3n) is 3.92. The largest absolute Gasteiger partial charge is 0.291 e. The van der Waals surface area contributed by atoms with Crippen LogP contribution in [0.5, 0.6) is 0 Å². The summed E-state index contributed by atoms with van der Waals surface area (Å²) in [5.74, 6) is 0. The molecular formula is C15H24N+. The third-order valence-corrected chi connectivity index (χ3v) is 3.92. The van der Waals surface area contributed by atoms with Gasteiger partial charge in [-0.15, -0.1) is 0 Å². The Bertz CT molecular complexity index is 298. The summed E-state index contributed by atoms with van der Waals surface area (Å²) in [5, 5.41) is 0. The maximum Gasteiger partial charge on any atom is 0.132 e. The SMILES string of the molecule is CCCCC[N+]1(c2ccccc2)CCCC1. The monoisotopic (exact) mass is 218 g/mol. The number of rotatable bonds is 5. The molecule has 0 saturated carbocycles. The Morgan fingerprint density at radius 1 is 1.00 bits per heavy atom. The second-order valence-electron chi connectivity index (χ2n) is 5.07. The Morgan fingerprint density at radius 3 is 2.31 bits per heavy atom. The van der Waals surface area contributed by atoms with Gasteiger partial charge in [0.1, 0.15) is 5.69 Å².